The fraction of sp³-hybridized carbons (Fsp3) is 0.526. The van der Waals surface area contributed by atoms with Gasteiger partial charge in [-0.3, -0.25) is 19.3 Å². The fourth-order valence-electron chi connectivity index (χ4n) is 3.45. The van der Waals surface area contributed by atoms with E-state index in [-0.39, 0.29) is 30.1 Å². The van der Waals surface area contributed by atoms with Gasteiger partial charge in [0.25, 0.3) is 11.8 Å². The number of carbonyl (C=O) groups excluding carboxylic acids is 3. The summed E-state index contributed by atoms with van der Waals surface area (Å²) in [6, 6.07) is 6.92. The van der Waals surface area contributed by atoms with E-state index in [1.165, 1.54) is 4.90 Å². The van der Waals surface area contributed by atoms with Gasteiger partial charge in [0, 0.05) is 19.5 Å². The molecule has 0 radical (unpaired) electrons. The first kappa shape index (κ1) is 20.4. The Morgan fingerprint density at radius 3 is 2.46 bits per heavy atom. The summed E-state index contributed by atoms with van der Waals surface area (Å²) in [7, 11) is 0. The van der Waals surface area contributed by atoms with Crippen molar-refractivity contribution in [2.24, 2.45) is 5.92 Å². The van der Waals surface area contributed by atoms with Crippen molar-refractivity contribution in [3.05, 3.63) is 35.4 Å². The molecule has 1 unspecified atom stereocenters. The molecule has 2 aliphatic rings. The lowest BCUT2D eigenvalue weighted by molar-refractivity contribution is -0.121. The third-order valence-corrected chi connectivity index (χ3v) is 4.95. The highest BCUT2D eigenvalue weighted by atomic mass is 35.5. The summed E-state index contributed by atoms with van der Waals surface area (Å²) >= 11 is 0. The summed E-state index contributed by atoms with van der Waals surface area (Å²) in [5, 5.41) is 6.23. The molecule has 1 aromatic rings. The molecular formula is C19H26ClN3O3. The molecule has 3 rings (SSSR count). The topological polar surface area (TPSA) is 78.5 Å². The van der Waals surface area contributed by atoms with Gasteiger partial charge in [0.05, 0.1) is 11.1 Å². The molecular weight excluding hydrogens is 354 g/mol. The Kier molecular flexibility index (Phi) is 7.60. The molecule has 26 heavy (non-hydrogen) atoms. The first-order valence-corrected chi connectivity index (χ1v) is 9.09. The van der Waals surface area contributed by atoms with Gasteiger partial charge in [-0.15, -0.1) is 12.4 Å². The zero-order valence-corrected chi connectivity index (χ0v) is 15.6. The Labute approximate surface area is 160 Å². The Hall–Kier alpha value is -1.92. The predicted octanol–water partition coefficient (Wildman–Crippen LogP) is 1.99. The SMILES string of the molecule is Cl.O=C(CCC1CCNC1)NCCCCN1C(=O)c2ccccc2C1=O. The molecule has 0 saturated carbocycles. The van der Waals surface area contributed by atoms with Crippen LogP contribution in [0.15, 0.2) is 24.3 Å². The molecule has 2 N–H and O–H groups in total. The quantitative estimate of drug-likeness (QED) is 0.535. The predicted molar refractivity (Wildman–Crippen MR) is 102 cm³/mol. The van der Waals surface area contributed by atoms with E-state index >= 15 is 0 Å². The third-order valence-electron chi connectivity index (χ3n) is 4.95. The highest BCUT2D eigenvalue weighted by Crippen LogP contribution is 2.22. The largest absolute Gasteiger partial charge is 0.356 e. The van der Waals surface area contributed by atoms with E-state index < -0.39 is 0 Å². The Morgan fingerprint density at radius 2 is 1.85 bits per heavy atom. The zero-order valence-electron chi connectivity index (χ0n) is 14.8. The van der Waals surface area contributed by atoms with Gasteiger partial charge in [0.15, 0.2) is 0 Å². The van der Waals surface area contributed by atoms with Crippen molar-refractivity contribution in [3.63, 3.8) is 0 Å². The molecule has 7 heteroatoms. The Balaban J connectivity index is 0.00000243. The highest BCUT2D eigenvalue weighted by Gasteiger charge is 2.34. The molecule has 1 fully saturated rings. The van der Waals surface area contributed by atoms with Gasteiger partial charge in [-0.25, -0.2) is 0 Å². The van der Waals surface area contributed by atoms with Crippen molar-refractivity contribution in [2.75, 3.05) is 26.2 Å². The molecule has 0 aromatic heterocycles. The Morgan fingerprint density at radius 1 is 1.15 bits per heavy atom. The average Bonchev–Trinajstić information content (AvgIpc) is 3.22. The van der Waals surface area contributed by atoms with Crippen molar-refractivity contribution in [3.8, 4) is 0 Å². The average molecular weight is 380 g/mol. The van der Waals surface area contributed by atoms with Gasteiger partial charge in [-0.2, -0.15) is 0 Å². The standard InChI is InChI=1S/C19H25N3O3.ClH/c23-17(8-7-14-9-11-20-13-14)21-10-3-4-12-22-18(24)15-5-1-2-6-16(15)19(22)25;/h1-2,5-6,14,20H,3-4,7-13H2,(H,21,23);1H. The van der Waals surface area contributed by atoms with E-state index in [0.29, 0.717) is 43.0 Å². The van der Waals surface area contributed by atoms with E-state index in [9.17, 15) is 14.4 Å². The van der Waals surface area contributed by atoms with Crippen LogP contribution in [0.4, 0.5) is 0 Å². The van der Waals surface area contributed by atoms with E-state index in [1.807, 2.05) is 0 Å². The second-order valence-corrected chi connectivity index (χ2v) is 6.76. The minimum Gasteiger partial charge on any atom is -0.356 e. The number of rotatable bonds is 8. The number of fused-ring (bicyclic) bond motifs is 1. The van der Waals surface area contributed by atoms with Crippen LogP contribution in [-0.2, 0) is 4.79 Å². The minimum atomic E-state index is -0.213. The molecule has 2 heterocycles. The van der Waals surface area contributed by atoms with E-state index in [0.717, 1.165) is 32.4 Å². The number of hydrogen-bond donors (Lipinski definition) is 2. The number of amides is 3. The van der Waals surface area contributed by atoms with Crippen LogP contribution < -0.4 is 10.6 Å². The maximum Gasteiger partial charge on any atom is 0.261 e. The lowest BCUT2D eigenvalue weighted by atomic mass is 10.0. The van der Waals surface area contributed by atoms with Crippen molar-refractivity contribution < 1.29 is 14.4 Å². The summed E-state index contributed by atoms with van der Waals surface area (Å²) in [6.07, 6.45) is 4.12. The highest BCUT2D eigenvalue weighted by molar-refractivity contribution is 6.21. The first-order valence-electron chi connectivity index (χ1n) is 9.09. The molecule has 3 amide bonds. The normalized spacial score (nSPS) is 18.6. The van der Waals surface area contributed by atoms with Crippen molar-refractivity contribution in [1.82, 2.24) is 15.5 Å². The molecule has 2 aliphatic heterocycles. The van der Waals surface area contributed by atoms with Crippen LogP contribution in [0.2, 0.25) is 0 Å². The summed E-state index contributed by atoms with van der Waals surface area (Å²) in [6.45, 7) is 3.07. The molecule has 1 aromatic carbocycles. The summed E-state index contributed by atoms with van der Waals surface area (Å²) in [4.78, 5) is 37.6. The van der Waals surface area contributed by atoms with Crippen LogP contribution in [0.3, 0.4) is 0 Å². The third kappa shape index (κ3) is 4.83. The second kappa shape index (κ2) is 9.69. The van der Waals surface area contributed by atoms with Crippen LogP contribution in [0.25, 0.3) is 0 Å². The zero-order chi connectivity index (χ0) is 17.6. The number of benzene rings is 1. The van der Waals surface area contributed by atoms with Gasteiger partial charge in [-0.05, 0) is 56.8 Å². The van der Waals surface area contributed by atoms with Crippen LogP contribution in [0.5, 0.6) is 0 Å². The molecule has 1 saturated heterocycles. The maximum absolute atomic E-state index is 12.2. The number of carbonyl (C=O) groups is 3. The van der Waals surface area contributed by atoms with Crippen LogP contribution in [0.1, 0.15) is 52.8 Å². The van der Waals surface area contributed by atoms with Crippen LogP contribution >= 0.6 is 12.4 Å². The van der Waals surface area contributed by atoms with Gasteiger partial charge < -0.3 is 10.6 Å². The molecule has 0 bridgehead atoms. The summed E-state index contributed by atoms with van der Waals surface area (Å²) in [5.74, 6) is 0.289. The number of imide groups is 1. The molecule has 0 aliphatic carbocycles. The fourth-order valence-corrected chi connectivity index (χ4v) is 3.45. The van der Waals surface area contributed by atoms with Gasteiger partial charge >= 0.3 is 0 Å². The number of nitrogens with zero attached hydrogens (tertiary/aromatic N) is 1. The van der Waals surface area contributed by atoms with Crippen molar-refractivity contribution >= 4 is 30.1 Å². The first-order chi connectivity index (χ1) is 12.2. The second-order valence-electron chi connectivity index (χ2n) is 6.76. The summed E-state index contributed by atoms with van der Waals surface area (Å²) < 4.78 is 0. The van der Waals surface area contributed by atoms with Crippen molar-refractivity contribution in [2.45, 2.75) is 32.1 Å². The van der Waals surface area contributed by atoms with Gasteiger partial charge in [0.1, 0.15) is 0 Å². The number of nitrogens with one attached hydrogen (secondary N) is 2. The lowest BCUT2D eigenvalue weighted by Crippen LogP contribution is -2.31. The van der Waals surface area contributed by atoms with E-state index in [4.69, 9.17) is 0 Å². The van der Waals surface area contributed by atoms with Gasteiger partial charge in [-0.1, -0.05) is 12.1 Å². The van der Waals surface area contributed by atoms with Crippen molar-refractivity contribution in [1.29, 1.82) is 0 Å². The van der Waals surface area contributed by atoms with E-state index in [2.05, 4.69) is 10.6 Å². The van der Waals surface area contributed by atoms with Gasteiger partial charge in [0.2, 0.25) is 5.91 Å². The smallest absolute Gasteiger partial charge is 0.261 e. The van der Waals surface area contributed by atoms with E-state index in [1.54, 1.807) is 24.3 Å². The number of unbranched alkanes of at least 4 members (excludes halogenated alkanes) is 1. The monoisotopic (exact) mass is 379 g/mol. The minimum absolute atomic E-state index is 0. The molecule has 6 nitrogen and oxygen atoms in total. The lowest BCUT2D eigenvalue weighted by Gasteiger charge is -2.13. The maximum atomic E-state index is 12.2. The van der Waals surface area contributed by atoms with Crippen LogP contribution in [-0.4, -0.2) is 48.8 Å². The molecule has 0 spiro atoms. The number of halogens is 1. The van der Waals surface area contributed by atoms with Crippen LogP contribution in [0, 0.1) is 5.92 Å². The Bertz CT molecular complexity index is 624. The number of hydrogen-bond acceptors (Lipinski definition) is 4. The molecule has 1 atom stereocenters. The summed E-state index contributed by atoms with van der Waals surface area (Å²) in [5.41, 5.74) is 0.976. The molecule has 142 valence electrons.